The van der Waals surface area contributed by atoms with Gasteiger partial charge in [0.15, 0.2) is 0 Å². The zero-order valence-corrected chi connectivity index (χ0v) is 13.4. The molecule has 0 aliphatic carbocycles. The van der Waals surface area contributed by atoms with Crippen molar-refractivity contribution in [1.29, 1.82) is 0 Å². The molecule has 1 atom stereocenters. The minimum absolute atomic E-state index is 0.146. The van der Waals surface area contributed by atoms with E-state index in [2.05, 4.69) is 27.4 Å². The van der Waals surface area contributed by atoms with Crippen LogP contribution < -0.4 is 10.6 Å². The lowest BCUT2D eigenvalue weighted by molar-refractivity contribution is 0.0940. The van der Waals surface area contributed by atoms with Crippen LogP contribution in [0.3, 0.4) is 0 Å². The van der Waals surface area contributed by atoms with Gasteiger partial charge in [0.1, 0.15) is 5.82 Å². The van der Waals surface area contributed by atoms with E-state index in [1.165, 1.54) is 19.0 Å². The number of halogens is 1. The number of hydrogen-bond donors (Lipinski definition) is 2. The maximum atomic E-state index is 12.3. The Morgan fingerprint density at radius 2 is 2.19 bits per heavy atom. The molecule has 116 valence electrons. The number of carbonyl (C=O) groups is 1. The fraction of sp³-hybridized carbons (Fsp3) is 0.600. The summed E-state index contributed by atoms with van der Waals surface area (Å²) in [5.41, 5.74) is 0.469. The smallest absolute Gasteiger partial charge is 0.253 e. The zero-order valence-electron chi connectivity index (χ0n) is 12.7. The topological polar surface area (TPSA) is 57.3 Å². The van der Waals surface area contributed by atoms with E-state index < -0.39 is 0 Å². The molecule has 0 bridgehead atoms. The van der Waals surface area contributed by atoms with E-state index in [0.29, 0.717) is 29.0 Å². The largest absolute Gasteiger partial charge is 0.370 e. The van der Waals surface area contributed by atoms with Crippen LogP contribution in [0, 0.1) is 0 Å². The van der Waals surface area contributed by atoms with Crippen LogP contribution in [0.25, 0.3) is 0 Å². The predicted octanol–water partition coefficient (Wildman–Crippen LogP) is 2.38. The molecule has 0 radical (unpaired) electrons. The number of hydrogen-bond acceptors (Lipinski definition) is 4. The molecule has 1 fully saturated rings. The summed E-state index contributed by atoms with van der Waals surface area (Å²) in [5, 5.41) is 6.42. The molecule has 0 aromatic carbocycles. The molecule has 1 amide bonds. The Morgan fingerprint density at radius 3 is 2.86 bits per heavy atom. The first-order valence-electron chi connectivity index (χ1n) is 7.53. The van der Waals surface area contributed by atoms with E-state index in [-0.39, 0.29) is 5.91 Å². The van der Waals surface area contributed by atoms with Crippen molar-refractivity contribution in [3.8, 4) is 0 Å². The van der Waals surface area contributed by atoms with Gasteiger partial charge < -0.3 is 10.6 Å². The molecule has 2 rings (SSSR count). The summed E-state index contributed by atoms with van der Waals surface area (Å²) in [5.74, 6) is 0.521. The van der Waals surface area contributed by atoms with Crippen LogP contribution in [-0.4, -0.2) is 48.0 Å². The lowest BCUT2D eigenvalue weighted by Crippen LogP contribution is -2.40. The number of nitrogens with zero attached hydrogens (tertiary/aromatic N) is 2. The normalized spacial score (nSPS) is 16.7. The molecule has 0 spiro atoms. The summed E-state index contributed by atoms with van der Waals surface area (Å²) in [6.07, 6.45) is 4.01. The van der Waals surface area contributed by atoms with Gasteiger partial charge in [-0.05, 0) is 45.8 Å². The van der Waals surface area contributed by atoms with Crippen LogP contribution in [0.2, 0.25) is 5.02 Å². The summed E-state index contributed by atoms with van der Waals surface area (Å²) in [7, 11) is 0. The van der Waals surface area contributed by atoms with Crippen molar-refractivity contribution in [2.75, 3.05) is 31.5 Å². The van der Waals surface area contributed by atoms with Gasteiger partial charge in [0.25, 0.3) is 5.91 Å². The van der Waals surface area contributed by atoms with Gasteiger partial charge >= 0.3 is 0 Å². The van der Waals surface area contributed by atoms with E-state index in [1.54, 1.807) is 6.07 Å². The highest BCUT2D eigenvalue weighted by molar-refractivity contribution is 6.33. The van der Waals surface area contributed by atoms with Crippen molar-refractivity contribution >= 4 is 23.3 Å². The summed E-state index contributed by atoms with van der Waals surface area (Å²) in [6.45, 7) is 7.75. The molecule has 1 saturated heterocycles. The molecule has 2 heterocycles. The molecule has 1 aromatic rings. The third-order valence-electron chi connectivity index (χ3n) is 3.78. The summed E-state index contributed by atoms with van der Waals surface area (Å²) >= 11 is 6.07. The van der Waals surface area contributed by atoms with Gasteiger partial charge in [-0.3, -0.25) is 9.69 Å². The van der Waals surface area contributed by atoms with Crippen molar-refractivity contribution in [2.24, 2.45) is 0 Å². The lowest BCUT2D eigenvalue weighted by Gasteiger charge is -2.23. The minimum atomic E-state index is -0.146. The van der Waals surface area contributed by atoms with Crippen LogP contribution in [0.4, 0.5) is 5.82 Å². The molecule has 1 unspecified atom stereocenters. The van der Waals surface area contributed by atoms with Gasteiger partial charge in [0, 0.05) is 25.3 Å². The van der Waals surface area contributed by atoms with Gasteiger partial charge in [-0.1, -0.05) is 11.6 Å². The van der Waals surface area contributed by atoms with E-state index in [1.807, 2.05) is 6.92 Å². The lowest BCUT2D eigenvalue weighted by atomic mass is 10.2. The molecule has 2 N–H and O–H groups in total. The zero-order chi connectivity index (χ0) is 15.2. The Labute approximate surface area is 131 Å². The highest BCUT2D eigenvalue weighted by atomic mass is 35.5. The Bertz CT molecular complexity index is 489. The van der Waals surface area contributed by atoms with Gasteiger partial charge in [-0.15, -0.1) is 0 Å². The van der Waals surface area contributed by atoms with Gasteiger partial charge in [-0.2, -0.15) is 0 Å². The van der Waals surface area contributed by atoms with Crippen LogP contribution >= 0.6 is 11.6 Å². The summed E-state index contributed by atoms with van der Waals surface area (Å²) in [4.78, 5) is 18.8. The third kappa shape index (κ3) is 4.32. The molecule has 1 aromatic heterocycles. The Hall–Kier alpha value is -1.33. The standard InChI is InChI=1S/C15H23ClN4O/c1-3-17-14-8-12(13(16)10-18-14)15(21)19-9-11(2)20-6-4-5-7-20/h8,10-11H,3-7,9H2,1-2H3,(H,17,18)(H,19,21). The van der Waals surface area contributed by atoms with Gasteiger partial charge in [-0.25, -0.2) is 4.98 Å². The second kappa shape index (κ2) is 7.61. The van der Waals surface area contributed by atoms with E-state index >= 15 is 0 Å². The molecule has 0 saturated carbocycles. The molecule has 5 nitrogen and oxygen atoms in total. The van der Waals surface area contributed by atoms with Crippen LogP contribution in [0.1, 0.15) is 37.0 Å². The first-order chi connectivity index (χ1) is 10.1. The molecule has 1 aliphatic heterocycles. The number of anilines is 1. The summed E-state index contributed by atoms with van der Waals surface area (Å²) < 4.78 is 0. The SMILES string of the molecule is CCNc1cc(C(=O)NCC(C)N2CCCC2)c(Cl)cn1. The first-order valence-corrected chi connectivity index (χ1v) is 7.91. The van der Waals surface area contributed by atoms with Crippen LogP contribution in [0.5, 0.6) is 0 Å². The van der Waals surface area contributed by atoms with Crippen LogP contribution in [0.15, 0.2) is 12.3 Å². The second-order valence-corrected chi connectivity index (χ2v) is 5.79. The fourth-order valence-corrected chi connectivity index (χ4v) is 2.73. The number of aromatic nitrogens is 1. The molecule has 1 aliphatic rings. The van der Waals surface area contributed by atoms with Gasteiger partial charge in [0.05, 0.1) is 10.6 Å². The van der Waals surface area contributed by atoms with Crippen LogP contribution in [-0.2, 0) is 0 Å². The predicted molar refractivity (Wildman–Crippen MR) is 86.0 cm³/mol. The maximum Gasteiger partial charge on any atom is 0.253 e. The van der Waals surface area contributed by atoms with E-state index in [9.17, 15) is 4.79 Å². The van der Waals surface area contributed by atoms with E-state index in [0.717, 1.165) is 19.6 Å². The molecule has 6 heteroatoms. The van der Waals surface area contributed by atoms with Crippen molar-refractivity contribution < 1.29 is 4.79 Å². The average molecular weight is 311 g/mol. The first kappa shape index (κ1) is 16.0. The van der Waals surface area contributed by atoms with E-state index in [4.69, 9.17) is 11.6 Å². The number of pyridine rings is 1. The van der Waals surface area contributed by atoms with Crippen molar-refractivity contribution in [1.82, 2.24) is 15.2 Å². The maximum absolute atomic E-state index is 12.3. The highest BCUT2D eigenvalue weighted by Crippen LogP contribution is 2.18. The number of nitrogens with one attached hydrogen (secondary N) is 2. The van der Waals surface area contributed by atoms with Crippen molar-refractivity contribution in [3.05, 3.63) is 22.8 Å². The molecular weight excluding hydrogens is 288 g/mol. The Morgan fingerprint density at radius 1 is 1.48 bits per heavy atom. The fourth-order valence-electron chi connectivity index (χ4n) is 2.54. The number of rotatable bonds is 6. The second-order valence-electron chi connectivity index (χ2n) is 5.38. The number of amides is 1. The average Bonchev–Trinajstić information content (AvgIpc) is 3.01. The molecular formula is C15H23ClN4O. The molecule has 21 heavy (non-hydrogen) atoms. The minimum Gasteiger partial charge on any atom is -0.370 e. The Kier molecular flexibility index (Phi) is 5.82. The van der Waals surface area contributed by atoms with Gasteiger partial charge in [0.2, 0.25) is 0 Å². The highest BCUT2D eigenvalue weighted by Gasteiger charge is 2.19. The Balaban J connectivity index is 1.94. The summed E-state index contributed by atoms with van der Waals surface area (Å²) in [6, 6.07) is 2.05. The quantitative estimate of drug-likeness (QED) is 0.847. The third-order valence-corrected chi connectivity index (χ3v) is 4.08. The monoisotopic (exact) mass is 310 g/mol. The number of carbonyl (C=O) groups excluding carboxylic acids is 1. The van der Waals surface area contributed by atoms with Crippen molar-refractivity contribution in [3.63, 3.8) is 0 Å². The van der Waals surface area contributed by atoms with Crippen molar-refractivity contribution in [2.45, 2.75) is 32.7 Å². The number of likely N-dealkylation sites (tertiary alicyclic amines) is 1.